The molecule has 1 aromatic carbocycles. The third kappa shape index (κ3) is 2.08. The molecule has 1 N–H and O–H groups in total. The lowest BCUT2D eigenvalue weighted by molar-refractivity contribution is 0.180. The molecule has 0 aliphatic heterocycles. The van der Waals surface area contributed by atoms with Crippen molar-refractivity contribution in [2.45, 2.75) is 18.9 Å². The second-order valence-electron chi connectivity index (χ2n) is 4.63. The molecule has 0 spiro atoms. The maximum absolute atomic E-state index is 13.9. The van der Waals surface area contributed by atoms with Crippen molar-refractivity contribution < 1.29 is 14.2 Å². The summed E-state index contributed by atoms with van der Waals surface area (Å²) in [4.78, 5) is 4.45. The van der Waals surface area contributed by atoms with E-state index in [1.165, 1.54) is 6.07 Å². The van der Waals surface area contributed by atoms with E-state index in [-0.39, 0.29) is 5.82 Å². The number of ether oxygens (including phenoxy) is 1. The van der Waals surface area contributed by atoms with E-state index in [1.54, 1.807) is 25.3 Å². The molecule has 0 saturated carbocycles. The number of nitrogens with zero attached hydrogens (tertiary/aromatic N) is 1. The summed E-state index contributed by atoms with van der Waals surface area (Å²) in [6, 6.07) is 8.16. The van der Waals surface area contributed by atoms with Crippen LogP contribution in [0.1, 0.15) is 23.8 Å². The number of pyridine rings is 1. The first-order chi connectivity index (χ1) is 9.19. The minimum atomic E-state index is -0.438. The van der Waals surface area contributed by atoms with Crippen molar-refractivity contribution in [2.75, 3.05) is 7.11 Å². The van der Waals surface area contributed by atoms with Crippen molar-refractivity contribution in [1.29, 1.82) is 0 Å². The third-order valence-corrected chi connectivity index (χ3v) is 3.47. The largest absolute Gasteiger partial charge is 0.497 e. The zero-order valence-corrected chi connectivity index (χ0v) is 10.6. The van der Waals surface area contributed by atoms with Gasteiger partial charge < -0.3 is 9.84 Å². The molecule has 1 aliphatic carbocycles. The number of methoxy groups -OCH3 is 1. The number of hydrogen-bond donors (Lipinski definition) is 1. The van der Waals surface area contributed by atoms with Gasteiger partial charge in [0.15, 0.2) is 0 Å². The van der Waals surface area contributed by atoms with Crippen molar-refractivity contribution in [1.82, 2.24) is 4.98 Å². The number of rotatable bonds is 2. The highest BCUT2D eigenvalue weighted by atomic mass is 19.1. The molecule has 4 heteroatoms. The number of aromatic nitrogens is 1. The van der Waals surface area contributed by atoms with Crippen LogP contribution in [0.15, 0.2) is 30.3 Å². The number of benzene rings is 1. The summed E-state index contributed by atoms with van der Waals surface area (Å²) in [5.74, 6) is 0.269. The summed E-state index contributed by atoms with van der Waals surface area (Å²) in [6.07, 6.45) is 0.981. The monoisotopic (exact) mass is 259 g/mol. The van der Waals surface area contributed by atoms with Crippen LogP contribution in [0.5, 0.6) is 5.75 Å². The Bertz CT molecular complexity index is 628. The van der Waals surface area contributed by atoms with Gasteiger partial charge in [-0.25, -0.2) is 4.39 Å². The van der Waals surface area contributed by atoms with Gasteiger partial charge in [0.25, 0.3) is 0 Å². The molecule has 1 atom stereocenters. The molecular formula is C15H14FNO2. The number of aryl methyl sites for hydroxylation is 1. The summed E-state index contributed by atoms with van der Waals surface area (Å²) >= 11 is 0. The predicted molar refractivity (Wildman–Crippen MR) is 69.5 cm³/mol. The van der Waals surface area contributed by atoms with Gasteiger partial charge in [-0.15, -0.1) is 0 Å². The molecule has 0 amide bonds. The van der Waals surface area contributed by atoms with Crippen LogP contribution in [-0.4, -0.2) is 17.2 Å². The van der Waals surface area contributed by atoms with Gasteiger partial charge in [0.05, 0.1) is 18.9 Å². The molecule has 3 nitrogen and oxygen atoms in total. The number of halogens is 1. The van der Waals surface area contributed by atoms with Crippen LogP contribution in [0.4, 0.5) is 4.39 Å². The number of aliphatic hydroxyl groups excluding tert-OH is 1. The molecule has 1 aliphatic rings. The van der Waals surface area contributed by atoms with Gasteiger partial charge in [-0.2, -0.15) is 0 Å². The predicted octanol–water partition coefficient (Wildman–Crippen LogP) is 2.88. The SMILES string of the molecule is COc1ccc(F)c(-c2ccc3c(n2)CC[C@@H]3O)c1. The summed E-state index contributed by atoms with van der Waals surface area (Å²) in [7, 11) is 1.55. The highest BCUT2D eigenvalue weighted by Crippen LogP contribution is 2.33. The Labute approximate surface area is 110 Å². The van der Waals surface area contributed by atoms with Crippen LogP contribution >= 0.6 is 0 Å². The molecule has 3 rings (SSSR count). The van der Waals surface area contributed by atoms with Gasteiger partial charge in [0, 0.05) is 16.8 Å². The van der Waals surface area contributed by atoms with Crippen LogP contribution < -0.4 is 4.74 Å². The van der Waals surface area contributed by atoms with E-state index in [9.17, 15) is 9.50 Å². The smallest absolute Gasteiger partial charge is 0.132 e. The Kier molecular flexibility index (Phi) is 2.95. The first-order valence-corrected chi connectivity index (χ1v) is 6.21. The van der Waals surface area contributed by atoms with E-state index in [1.807, 2.05) is 6.07 Å². The molecule has 0 fully saturated rings. The topological polar surface area (TPSA) is 42.4 Å². The number of fused-ring (bicyclic) bond motifs is 1. The second-order valence-corrected chi connectivity index (χ2v) is 4.63. The number of aliphatic hydroxyl groups is 1. The Morgan fingerprint density at radius 3 is 2.95 bits per heavy atom. The van der Waals surface area contributed by atoms with Crippen molar-refractivity contribution in [3.05, 3.63) is 47.4 Å². The van der Waals surface area contributed by atoms with E-state index in [0.717, 1.165) is 17.7 Å². The maximum atomic E-state index is 13.9. The van der Waals surface area contributed by atoms with E-state index < -0.39 is 6.10 Å². The maximum Gasteiger partial charge on any atom is 0.132 e. The fourth-order valence-corrected chi connectivity index (χ4v) is 2.42. The van der Waals surface area contributed by atoms with Crippen LogP contribution in [-0.2, 0) is 6.42 Å². The van der Waals surface area contributed by atoms with Gasteiger partial charge in [-0.3, -0.25) is 4.98 Å². The Hall–Kier alpha value is -1.94. The van der Waals surface area contributed by atoms with Crippen molar-refractivity contribution in [3.8, 4) is 17.0 Å². The van der Waals surface area contributed by atoms with Crippen molar-refractivity contribution in [3.63, 3.8) is 0 Å². The van der Waals surface area contributed by atoms with Crippen LogP contribution in [0.25, 0.3) is 11.3 Å². The van der Waals surface area contributed by atoms with Gasteiger partial charge in [0.1, 0.15) is 11.6 Å². The van der Waals surface area contributed by atoms with Gasteiger partial charge in [-0.1, -0.05) is 6.07 Å². The van der Waals surface area contributed by atoms with Crippen LogP contribution in [0.2, 0.25) is 0 Å². The molecule has 0 radical (unpaired) electrons. The summed E-state index contributed by atoms with van der Waals surface area (Å²) < 4.78 is 19.0. The normalized spacial score (nSPS) is 17.3. The van der Waals surface area contributed by atoms with E-state index in [2.05, 4.69) is 4.98 Å². The fourth-order valence-electron chi connectivity index (χ4n) is 2.42. The van der Waals surface area contributed by atoms with Crippen LogP contribution in [0, 0.1) is 5.82 Å². The zero-order chi connectivity index (χ0) is 13.4. The lowest BCUT2D eigenvalue weighted by atomic mass is 10.1. The minimum absolute atomic E-state index is 0.327. The first kappa shape index (κ1) is 12.1. The molecule has 0 bridgehead atoms. The van der Waals surface area contributed by atoms with E-state index in [0.29, 0.717) is 23.4 Å². The summed E-state index contributed by atoms with van der Waals surface area (Å²) in [5, 5.41) is 9.75. The fraction of sp³-hybridized carbons (Fsp3) is 0.267. The molecule has 0 unspecified atom stereocenters. The van der Waals surface area contributed by atoms with Crippen molar-refractivity contribution >= 4 is 0 Å². The van der Waals surface area contributed by atoms with E-state index >= 15 is 0 Å². The zero-order valence-electron chi connectivity index (χ0n) is 10.6. The second kappa shape index (κ2) is 4.63. The highest BCUT2D eigenvalue weighted by molar-refractivity contribution is 5.63. The molecule has 98 valence electrons. The Morgan fingerprint density at radius 2 is 2.16 bits per heavy atom. The molecule has 1 aromatic heterocycles. The lowest BCUT2D eigenvalue weighted by Gasteiger charge is -2.08. The quantitative estimate of drug-likeness (QED) is 0.901. The van der Waals surface area contributed by atoms with E-state index in [4.69, 9.17) is 4.74 Å². The third-order valence-electron chi connectivity index (χ3n) is 3.47. The summed E-state index contributed by atoms with van der Waals surface area (Å²) in [6.45, 7) is 0. The molecule has 2 aromatic rings. The van der Waals surface area contributed by atoms with Crippen molar-refractivity contribution in [2.24, 2.45) is 0 Å². The van der Waals surface area contributed by atoms with Crippen LogP contribution in [0.3, 0.4) is 0 Å². The van der Waals surface area contributed by atoms with Gasteiger partial charge >= 0.3 is 0 Å². The molecule has 19 heavy (non-hydrogen) atoms. The lowest BCUT2D eigenvalue weighted by Crippen LogP contribution is -1.96. The summed E-state index contributed by atoms with van der Waals surface area (Å²) in [5.41, 5.74) is 2.70. The molecular weight excluding hydrogens is 245 g/mol. The van der Waals surface area contributed by atoms with Gasteiger partial charge in [-0.05, 0) is 37.1 Å². The average molecular weight is 259 g/mol. The molecule has 1 heterocycles. The standard InChI is InChI=1S/C15H14FNO2/c1-19-9-2-4-12(16)11(8-9)14-5-3-10-13(17-14)6-7-15(10)18/h2-5,8,15,18H,6-7H2,1H3/t15-/m0/s1. The average Bonchev–Trinajstić information content (AvgIpc) is 2.80. The Balaban J connectivity index is 2.08. The highest BCUT2D eigenvalue weighted by Gasteiger charge is 2.22. The Morgan fingerprint density at radius 1 is 1.32 bits per heavy atom. The minimum Gasteiger partial charge on any atom is -0.497 e. The first-order valence-electron chi connectivity index (χ1n) is 6.21. The van der Waals surface area contributed by atoms with Gasteiger partial charge in [0.2, 0.25) is 0 Å². The molecule has 0 saturated heterocycles. The number of hydrogen-bond acceptors (Lipinski definition) is 3.